The Kier molecular flexibility index (Phi) is 6.17. The van der Waals surface area contributed by atoms with Crippen LogP contribution in [0, 0.1) is 6.92 Å². The molecule has 0 saturated carbocycles. The van der Waals surface area contributed by atoms with Crippen molar-refractivity contribution in [2.24, 2.45) is 0 Å². The zero-order chi connectivity index (χ0) is 18.2. The van der Waals surface area contributed by atoms with Crippen LogP contribution in [0.25, 0.3) is 10.8 Å². The molecule has 1 N–H and O–H groups in total. The van der Waals surface area contributed by atoms with Crippen molar-refractivity contribution in [3.8, 4) is 5.75 Å². The molecule has 3 aromatic carbocycles. The number of fused-ring (bicyclic) bond motifs is 1. The Morgan fingerprint density at radius 3 is 2.04 bits per heavy atom. The second-order valence-electron chi connectivity index (χ2n) is 5.44. The Balaban J connectivity index is 0.00000182. The number of rotatable bonds is 4. The monoisotopic (exact) mass is 402 g/mol. The van der Waals surface area contributed by atoms with Crippen molar-refractivity contribution in [1.82, 2.24) is 0 Å². The van der Waals surface area contributed by atoms with Crippen LogP contribution in [-0.2, 0) is 20.2 Å². The first kappa shape index (κ1) is 20.9. The van der Waals surface area contributed by atoms with Gasteiger partial charge in [0.1, 0.15) is 9.79 Å². The third kappa shape index (κ3) is 4.28. The third-order valence-electron chi connectivity index (χ3n) is 3.62. The van der Waals surface area contributed by atoms with Crippen LogP contribution in [0.15, 0.2) is 70.5 Å². The summed E-state index contributed by atoms with van der Waals surface area (Å²) in [6, 6.07) is 14.8. The maximum absolute atomic E-state index is 12.5. The number of hydrogen-bond acceptors (Lipinski definition) is 5. The molecule has 0 fully saturated rings. The van der Waals surface area contributed by atoms with Crippen molar-refractivity contribution < 1.29 is 56.6 Å². The standard InChI is InChI=1S/C17H14O6S2.Na.H/c1-12-8-10-14(11-9-12)25(21,22)23-15-6-2-4-13-5-3-7-16(17(13)15)24(18,19)20;;/h2-11H,1H3,(H,18,19,20);;/q;+1;-1. The molecule has 0 spiro atoms. The van der Waals surface area contributed by atoms with Crippen LogP contribution in [0.1, 0.15) is 6.99 Å². The Morgan fingerprint density at radius 1 is 0.885 bits per heavy atom. The molecule has 3 aromatic rings. The number of aryl methyl sites for hydroxylation is 1. The van der Waals surface area contributed by atoms with E-state index in [0.717, 1.165) is 5.56 Å². The molecule has 0 unspecified atom stereocenters. The molecule has 0 bridgehead atoms. The van der Waals surface area contributed by atoms with Gasteiger partial charge in [-0.1, -0.05) is 42.0 Å². The molecule has 0 atom stereocenters. The molecule has 0 radical (unpaired) electrons. The summed E-state index contributed by atoms with van der Waals surface area (Å²) in [5.41, 5.74) is 0.887. The summed E-state index contributed by atoms with van der Waals surface area (Å²) in [5, 5.41) is 0.426. The number of benzene rings is 3. The van der Waals surface area contributed by atoms with E-state index in [1.807, 2.05) is 6.92 Å². The first-order chi connectivity index (χ1) is 11.7. The average molecular weight is 402 g/mol. The summed E-state index contributed by atoms with van der Waals surface area (Å²) >= 11 is 0. The summed E-state index contributed by atoms with van der Waals surface area (Å²) < 4.78 is 62.8. The minimum absolute atomic E-state index is 0. The van der Waals surface area contributed by atoms with E-state index in [4.69, 9.17) is 4.18 Å². The molecule has 6 nitrogen and oxygen atoms in total. The fourth-order valence-corrected chi connectivity index (χ4v) is 4.10. The summed E-state index contributed by atoms with van der Waals surface area (Å²) in [6.07, 6.45) is 0. The molecule has 9 heteroatoms. The van der Waals surface area contributed by atoms with Crippen LogP contribution in [0.5, 0.6) is 5.75 Å². The van der Waals surface area contributed by atoms with Crippen LogP contribution in [0.2, 0.25) is 0 Å². The van der Waals surface area contributed by atoms with Gasteiger partial charge in [0, 0.05) is 5.39 Å². The fourth-order valence-electron chi connectivity index (χ4n) is 2.43. The maximum Gasteiger partial charge on any atom is 1.00 e. The predicted molar refractivity (Wildman–Crippen MR) is 93.9 cm³/mol. The SMILES string of the molecule is Cc1ccc(S(=O)(=O)Oc2cccc3cccc(S(=O)(=O)O)c23)cc1.[H-].[Na+]. The van der Waals surface area contributed by atoms with E-state index in [0.29, 0.717) is 5.39 Å². The van der Waals surface area contributed by atoms with Crippen LogP contribution in [-0.4, -0.2) is 21.4 Å². The van der Waals surface area contributed by atoms with E-state index in [2.05, 4.69) is 0 Å². The number of hydrogen-bond donors (Lipinski definition) is 1. The molecule has 0 aliphatic rings. The largest absolute Gasteiger partial charge is 1.00 e. The van der Waals surface area contributed by atoms with Gasteiger partial charge in [-0.3, -0.25) is 4.55 Å². The smallest absolute Gasteiger partial charge is 1.00 e. The molecule has 132 valence electrons. The minimum atomic E-state index is -4.55. The van der Waals surface area contributed by atoms with Gasteiger partial charge < -0.3 is 5.61 Å². The van der Waals surface area contributed by atoms with Gasteiger partial charge in [0.05, 0.1) is 0 Å². The van der Waals surface area contributed by atoms with Gasteiger partial charge >= 0.3 is 39.7 Å². The first-order valence-corrected chi connectivity index (χ1v) is 10.0. The Labute approximate surface area is 175 Å². The van der Waals surface area contributed by atoms with Crippen LogP contribution < -0.4 is 33.7 Å². The van der Waals surface area contributed by atoms with E-state index in [1.165, 1.54) is 36.4 Å². The van der Waals surface area contributed by atoms with Gasteiger partial charge in [0.15, 0.2) is 5.75 Å². The second-order valence-corrected chi connectivity index (χ2v) is 8.37. The maximum atomic E-state index is 12.5. The predicted octanol–water partition coefficient (Wildman–Crippen LogP) is 0.279. The van der Waals surface area contributed by atoms with Crippen molar-refractivity contribution in [3.05, 3.63) is 66.2 Å². The fraction of sp³-hybridized carbons (Fsp3) is 0.0588. The molecule has 0 aromatic heterocycles. The molecule has 0 amide bonds. The van der Waals surface area contributed by atoms with Crippen LogP contribution in [0.3, 0.4) is 0 Å². The zero-order valence-electron chi connectivity index (χ0n) is 15.1. The van der Waals surface area contributed by atoms with Crippen molar-refractivity contribution in [3.63, 3.8) is 0 Å². The Morgan fingerprint density at radius 2 is 1.46 bits per heavy atom. The van der Waals surface area contributed by atoms with Gasteiger partial charge in [0.25, 0.3) is 10.1 Å². The van der Waals surface area contributed by atoms with E-state index in [1.54, 1.807) is 24.3 Å². The van der Waals surface area contributed by atoms with Gasteiger partial charge in [0.2, 0.25) is 0 Å². The van der Waals surface area contributed by atoms with Crippen LogP contribution >= 0.6 is 0 Å². The van der Waals surface area contributed by atoms with E-state index in [-0.39, 0.29) is 47.0 Å². The molecular formula is C17H15NaO6S2. The molecule has 0 aliphatic carbocycles. The summed E-state index contributed by atoms with van der Waals surface area (Å²) in [5.74, 6) is -0.175. The zero-order valence-corrected chi connectivity index (χ0v) is 17.7. The molecule has 0 saturated heterocycles. The van der Waals surface area contributed by atoms with Crippen molar-refractivity contribution >= 4 is 31.0 Å². The van der Waals surface area contributed by atoms with E-state index in [9.17, 15) is 21.4 Å². The van der Waals surface area contributed by atoms with E-state index < -0.39 is 25.1 Å². The molecule has 26 heavy (non-hydrogen) atoms. The molecule has 3 rings (SSSR count). The first-order valence-electron chi connectivity index (χ1n) is 7.19. The van der Waals surface area contributed by atoms with Gasteiger partial charge in [-0.15, -0.1) is 0 Å². The normalized spacial score (nSPS) is 11.8. The van der Waals surface area contributed by atoms with Crippen molar-refractivity contribution in [1.29, 1.82) is 0 Å². The van der Waals surface area contributed by atoms with Crippen molar-refractivity contribution in [2.45, 2.75) is 16.7 Å². The van der Waals surface area contributed by atoms with Gasteiger partial charge in [-0.05, 0) is 36.6 Å². The summed E-state index contributed by atoms with van der Waals surface area (Å²) in [6.45, 7) is 1.82. The topological polar surface area (TPSA) is 97.7 Å². The molecular weight excluding hydrogens is 387 g/mol. The van der Waals surface area contributed by atoms with E-state index >= 15 is 0 Å². The Hall–Kier alpha value is -1.42. The van der Waals surface area contributed by atoms with Gasteiger partial charge in [-0.25, -0.2) is 0 Å². The van der Waals surface area contributed by atoms with Crippen LogP contribution in [0.4, 0.5) is 0 Å². The van der Waals surface area contributed by atoms with Crippen molar-refractivity contribution in [2.75, 3.05) is 0 Å². The second kappa shape index (κ2) is 7.67. The summed E-state index contributed by atoms with van der Waals surface area (Å²) in [7, 11) is -8.71. The molecule has 0 heterocycles. The molecule has 0 aliphatic heterocycles. The third-order valence-corrected chi connectivity index (χ3v) is 5.76. The Bertz CT molecular complexity index is 1150. The summed E-state index contributed by atoms with van der Waals surface area (Å²) in [4.78, 5) is -0.473. The minimum Gasteiger partial charge on any atom is -1.00 e. The van der Waals surface area contributed by atoms with Gasteiger partial charge in [-0.2, -0.15) is 16.8 Å². The quantitative estimate of drug-likeness (QED) is 0.382. The average Bonchev–Trinajstić information content (AvgIpc) is 2.54.